The molecule has 0 saturated carbocycles. The summed E-state index contributed by atoms with van der Waals surface area (Å²) in [5.41, 5.74) is 7.28. The van der Waals surface area contributed by atoms with E-state index in [0.717, 1.165) is 44.7 Å². The molecule has 0 spiro atoms. The number of fused-ring (bicyclic) bond motifs is 4. The SMILES string of the molecule is ON=C1c2ccccc2-c2c1cccc2-c1nc2ccncc2[nH]1. The number of hydrogen-bond donors (Lipinski definition) is 2. The van der Waals surface area contributed by atoms with Gasteiger partial charge in [0.2, 0.25) is 0 Å². The highest BCUT2D eigenvalue weighted by molar-refractivity contribution is 6.26. The fraction of sp³-hybridized carbons (Fsp3) is 0. The number of oxime groups is 1. The lowest BCUT2D eigenvalue weighted by Gasteiger charge is -2.06. The third kappa shape index (κ3) is 1.66. The molecule has 4 aromatic rings. The summed E-state index contributed by atoms with van der Waals surface area (Å²) in [6.07, 6.45) is 3.50. The fourth-order valence-electron chi connectivity index (χ4n) is 3.38. The molecule has 2 aromatic heterocycles. The molecule has 5 nitrogen and oxygen atoms in total. The van der Waals surface area contributed by atoms with E-state index in [4.69, 9.17) is 0 Å². The maximum Gasteiger partial charge on any atom is 0.139 e. The lowest BCUT2D eigenvalue weighted by atomic mass is 9.99. The number of H-pyrrole nitrogens is 1. The van der Waals surface area contributed by atoms with Gasteiger partial charge in [-0.15, -0.1) is 0 Å². The number of benzene rings is 2. The molecule has 0 radical (unpaired) electrons. The van der Waals surface area contributed by atoms with Crippen LogP contribution in [0.1, 0.15) is 11.1 Å². The average molecular weight is 312 g/mol. The van der Waals surface area contributed by atoms with E-state index in [-0.39, 0.29) is 0 Å². The molecule has 0 saturated heterocycles. The number of rotatable bonds is 1. The Balaban J connectivity index is 1.84. The third-order valence-corrected chi connectivity index (χ3v) is 4.41. The van der Waals surface area contributed by atoms with Crippen molar-refractivity contribution >= 4 is 16.7 Å². The minimum Gasteiger partial charge on any atom is -0.410 e. The molecular formula is C19H12N4O. The molecule has 1 aliphatic rings. The van der Waals surface area contributed by atoms with Crippen LogP contribution < -0.4 is 0 Å². The number of hydrogen-bond acceptors (Lipinski definition) is 4. The topological polar surface area (TPSA) is 74.2 Å². The number of pyridine rings is 1. The van der Waals surface area contributed by atoms with Crippen molar-refractivity contribution in [2.75, 3.05) is 0 Å². The molecule has 2 aromatic carbocycles. The lowest BCUT2D eigenvalue weighted by Crippen LogP contribution is -1.97. The van der Waals surface area contributed by atoms with E-state index in [1.165, 1.54) is 0 Å². The van der Waals surface area contributed by atoms with Crippen molar-refractivity contribution in [1.29, 1.82) is 0 Å². The highest BCUT2D eigenvalue weighted by atomic mass is 16.4. The van der Waals surface area contributed by atoms with Crippen LogP contribution >= 0.6 is 0 Å². The minimum absolute atomic E-state index is 0.597. The van der Waals surface area contributed by atoms with Gasteiger partial charge in [0.05, 0.1) is 17.2 Å². The predicted octanol–water partition coefficient (Wildman–Crippen LogP) is 3.83. The Labute approximate surface area is 137 Å². The molecule has 0 amide bonds. The first-order chi connectivity index (χ1) is 11.9. The van der Waals surface area contributed by atoms with Gasteiger partial charge in [-0.1, -0.05) is 47.6 Å². The zero-order chi connectivity index (χ0) is 16.1. The van der Waals surface area contributed by atoms with Crippen molar-refractivity contribution in [2.24, 2.45) is 5.16 Å². The van der Waals surface area contributed by atoms with Gasteiger partial charge in [0, 0.05) is 28.5 Å². The van der Waals surface area contributed by atoms with E-state index in [0.29, 0.717) is 5.71 Å². The van der Waals surface area contributed by atoms with Crippen molar-refractivity contribution in [3.8, 4) is 22.5 Å². The van der Waals surface area contributed by atoms with Crippen LogP contribution in [0.25, 0.3) is 33.5 Å². The average Bonchev–Trinajstić information content (AvgIpc) is 3.20. The van der Waals surface area contributed by atoms with Gasteiger partial charge in [-0.25, -0.2) is 4.98 Å². The van der Waals surface area contributed by atoms with Gasteiger partial charge in [0.1, 0.15) is 11.5 Å². The van der Waals surface area contributed by atoms with Gasteiger partial charge >= 0.3 is 0 Å². The monoisotopic (exact) mass is 312 g/mol. The molecule has 0 bridgehead atoms. The minimum atomic E-state index is 0.597. The Morgan fingerprint density at radius 2 is 1.67 bits per heavy atom. The molecule has 0 aliphatic heterocycles. The molecular weight excluding hydrogens is 300 g/mol. The van der Waals surface area contributed by atoms with Gasteiger partial charge in [-0.3, -0.25) is 4.98 Å². The molecule has 0 unspecified atom stereocenters. The number of aromatic amines is 1. The van der Waals surface area contributed by atoms with Crippen molar-refractivity contribution in [1.82, 2.24) is 15.0 Å². The standard InChI is InChI=1S/C19H12N4O/c24-23-18-12-5-2-1-4-11(12)17-13(18)6-3-7-14(17)19-21-15-8-9-20-10-16(15)22-19/h1-10,24H,(H,21,22). The summed E-state index contributed by atoms with van der Waals surface area (Å²) >= 11 is 0. The van der Waals surface area contributed by atoms with E-state index >= 15 is 0 Å². The van der Waals surface area contributed by atoms with Crippen LogP contribution in [0.4, 0.5) is 0 Å². The molecule has 1 aliphatic carbocycles. The van der Waals surface area contributed by atoms with Crippen LogP contribution in [-0.4, -0.2) is 25.9 Å². The predicted molar refractivity (Wildman–Crippen MR) is 92.2 cm³/mol. The van der Waals surface area contributed by atoms with E-state index in [9.17, 15) is 5.21 Å². The van der Waals surface area contributed by atoms with Crippen molar-refractivity contribution in [3.63, 3.8) is 0 Å². The van der Waals surface area contributed by atoms with Gasteiger partial charge in [0.15, 0.2) is 0 Å². The van der Waals surface area contributed by atoms with Crippen LogP contribution in [-0.2, 0) is 0 Å². The summed E-state index contributed by atoms with van der Waals surface area (Å²) in [6.45, 7) is 0. The number of imidazole rings is 1. The van der Waals surface area contributed by atoms with E-state index in [1.54, 1.807) is 12.4 Å². The molecule has 0 atom stereocenters. The Bertz CT molecular complexity index is 1090. The molecule has 24 heavy (non-hydrogen) atoms. The van der Waals surface area contributed by atoms with Crippen LogP contribution in [0.2, 0.25) is 0 Å². The fourth-order valence-corrected chi connectivity index (χ4v) is 3.38. The Morgan fingerprint density at radius 3 is 2.50 bits per heavy atom. The second-order valence-corrected chi connectivity index (χ2v) is 5.70. The maximum atomic E-state index is 9.49. The summed E-state index contributed by atoms with van der Waals surface area (Å²) in [4.78, 5) is 12.1. The lowest BCUT2D eigenvalue weighted by molar-refractivity contribution is 0.320. The van der Waals surface area contributed by atoms with Gasteiger partial charge in [-0.2, -0.15) is 0 Å². The van der Waals surface area contributed by atoms with E-state index < -0.39 is 0 Å². The van der Waals surface area contributed by atoms with Crippen LogP contribution in [0.5, 0.6) is 0 Å². The van der Waals surface area contributed by atoms with Crippen molar-refractivity contribution < 1.29 is 5.21 Å². The quantitative estimate of drug-likeness (QED) is 0.365. The Hall–Kier alpha value is -3.47. The summed E-state index contributed by atoms with van der Waals surface area (Å²) in [5, 5.41) is 13.0. The molecule has 114 valence electrons. The van der Waals surface area contributed by atoms with Crippen LogP contribution in [0, 0.1) is 0 Å². The smallest absolute Gasteiger partial charge is 0.139 e. The zero-order valence-corrected chi connectivity index (χ0v) is 12.6. The van der Waals surface area contributed by atoms with Crippen LogP contribution in [0.15, 0.2) is 66.1 Å². The second-order valence-electron chi connectivity index (χ2n) is 5.70. The largest absolute Gasteiger partial charge is 0.410 e. The number of aromatic nitrogens is 3. The van der Waals surface area contributed by atoms with E-state index in [2.05, 4.69) is 20.1 Å². The second kappa shape index (κ2) is 4.76. The Kier molecular flexibility index (Phi) is 2.58. The first-order valence-electron chi connectivity index (χ1n) is 7.62. The third-order valence-electron chi connectivity index (χ3n) is 4.41. The van der Waals surface area contributed by atoms with Gasteiger partial charge in [0.25, 0.3) is 0 Å². The molecule has 5 heteroatoms. The summed E-state index contributed by atoms with van der Waals surface area (Å²) in [7, 11) is 0. The van der Waals surface area contributed by atoms with Crippen molar-refractivity contribution in [2.45, 2.75) is 0 Å². The molecule has 2 heterocycles. The van der Waals surface area contributed by atoms with Crippen molar-refractivity contribution in [3.05, 3.63) is 72.1 Å². The maximum absolute atomic E-state index is 9.49. The Morgan fingerprint density at radius 1 is 0.875 bits per heavy atom. The highest BCUT2D eigenvalue weighted by Gasteiger charge is 2.28. The summed E-state index contributed by atoms with van der Waals surface area (Å²) in [6, 6.07) is 15.8. The summed E-state index contributed by atoms with van der Waals surface area (Å²) in [5.74, 6) is 0.781. The summed E-state index contributed by atoms with van der Waals surface area (Å²) < 4.78 is 0. The zero-order valence-electron chi connectivity index (χ0n) is 12.6. The first-order valence-corrected chi connectivity index (χ1v) is 7.62. The first kappa shape index (κ1) is 13.0. The highest BCUT2D eigenvalue weighted by Crippen LogP contribution is 2.42. The van der Waals surface area contributed by atoms with Crippen LogP contribution in [0.3, 0.4) is 0 Å². The number of nitrogens with zero attached hydrogens (tertiary/aromatic N) is 3. The molecule has 5 rings (SSSR count). The normalized spacial score (nSPS) is 14.1. The van der Waals surface area contributed by atoms with Gasteiger partial charge in [-0.05, 0) is 11.6 Å². The van der Waals surface area contributed by atoms with E-state index in [1.807, 2.05) is 48.5 Å². The molecule has 0 fully saturated rings. The molecule has 2 N–H and O–H groups in total. The number of nitrogens with one attached hydrogen (secondary N) is 1. The van der Waals surface area contributed by atoms with Gasteiger partial charge < -0.3 is 10.2 Å².